The van der Waals surface area contributed by atoms with E-state index in [1.54, 1.807) is 19.2 Å². The van der Waals surface area contributed by atoms with Crippen molar-refractivity contribution in [1.29, 1.82) is 0 Å². The van der Waals surface area contributed by atoms with Gasteiger partial charge in [-0.05, 0) is 38.1 Å². The number of phenols is 1. The molecular formula is C21H23Cl2FN4O3. The third kappa shape index (κ3) is 5.20. The van der Waals surface area contributed by atoms with Crippen molar-refractivity contribution in [1.82, 2.24) is 14.9 Å². The van der Waals surface area contributed by atoms with Gasteiger partial charge in [0.2, 0.25) is 0 Å². The number of hydrogen-bond donors (Lipinski definition) is 2. The lowest BCUT2D eigenvalue weighted by molar-refractivity contribution is 0.230. The van der Waals surface area contributed by atoms with Gasteiger partial charge in [0.25, 0.3) is 0 Å². The fourth-order valence-corrected chi connectivity index (χ4v) is 3.64. The molecule has 0 radical (unpaired) electrons. The van der Waals surface area contributed by atoms with E-state index < -0.39 is 5.82 Å². The van der Waals surface area contributed by atoms with Crippen molar-refractivity contribution < 1.29 is 19.0 Å². The summed E-state index contributed by atoms with van der Waals surface area (Å²) in [5.74, 6) is 0.636. The molecule has 0 amide bonds. The van der Waals surface area contributed by atoms with E-state index in [9.17, 15) is 9.50 Å². The van der Waals surface area contributed by atoms with Gasteiger partial charge < -0.3 is 19.9 Å². The largest absolute Gasteiger partial charge is 0.506 e. The number of halogens is 3. The van der Waals surface area contributed by atoms with Crippen LogP contribution in [-0.4, -0.2) is 53.3 Å². The van der Waals surface area contributed by atoms with Crippen LogP contribution >= 0.6 is 24.0 Å². The summed E-state index contributed by atoms with van der Waals surface area (Å²) in [7, 11) is 1.56. The first-order valence-corrected chi connectivity index (χ1v) is 10.1. The summed E-state index contributed by atoms with van der Waals surface area (Å²) < 4.78 is 25.7. The minimum absolute atomic E-state index is 0. The van der Waals surface area contributed by atoms with Gasteiger partial charge in [-0.1, -0.05) is 11.6 Å². The predicted octanol–water partition coefficient (Wildman–Crippen LogP) is 4.78. The molecule has 0 unspecified atom stereocenters. The number of aromatic hydroxyl groups is 1. The predicted molar refractivity (Wildman–Crippen MR) is 121 cm³/mol. The van der Waals surface area contributed by atoms with Crippen molar-refractivity contribution in [3.05, 3.63) is 41.4 Å². The SMILES string of the molecule is COc1cc2c(Nc3cc(O)c(Cl)cc3F)ncnc2cc1OCCN1CCCC1.Cl. The van der Waals surface area contributed by atoms with E-state index in [0.29, 0.717) is 34.8 Å². The van der Waals surface area contributed by atoms with Gasteiger partial charge in [-0.15, -0.1) is 12.4 Å². The Balaban J connectivity index is 0.00000272. The van der Waals surface area contributed by atoms with Crippen molar-refractivity contribution in [2.75, 3.05) is 38.7 Å². The van der Waals surface area contributed by atoms with Crippen molar-refractivity contribution in [2.45, 2.75) is 12.8 Å². The highest BCUT2D eigenvalue weighted by atomic mass is 35.5. The Labute approximate surface area is 190 Å². The van der Waals surface area contributed by atoms with E-state index in [1.165, 1.54) is 25.2 Å². The third-order valence-corrected chi connectivity index (χ3v) is 5.38. The van der Waals surface area contributed by atoms with Crippen LogP contribution in [0.2, 0.25) is 5.02 Å². The number of aromatic nitrogens is 2. The summed E-state index contributed by atoms with van der Waals surface area (Å²) in [4.78, 5) is 10.9. The minimum atomic E-state index is -0.613. The number of ether oxygens (including phenoxy) is 2. The van der Waals surface area contributed by atoms with Crippen LogP contribution in [0.3, 0.4) is 0 Å². The van der Waals surface area contributed by atoms with Crippen LogP contribution in [0.5, 0.6) is 17.2 Å². The maximum absolute atomic E-state index is 14.2. The average molecular weight is 469 g/mol. The van der Waals surface area contributed by atoms with Gasteiger partial charge in [-0.2, -0.15) is 0 Å². The molecular weight excluding hydrogens is 446 g/mol. The number of methoxy groups -OCH3 is 1. The Morgan fingerprint density at radius 3 is 2.68 bits per heavy atom. The van der Waals surface area contributed by atoms with Gasteiger partial charge in [-0.3, -0.25) is 4.90 Å². The highest BCUT2D eigenvalue weighted by Crippen LogP contribution is 2.36. The monoisotopic (exact) mass is 468 g/mol. The summed E-state index contributed by atoms with van der Waals surface area (Å²) in [6.07, 6.45) is 3.84. The van der Waals surface area contributed by atoms with Gasteiger partial charge in [0.1, 0.15) is 30.3 Å². The summed E-state index contributed by atoms with van der Waals surface area (Å²) in [6.45, 7) is 3.62. The summed E-state index contributed by atoms with van der Waals surface area (Å²) in [5.41, 5.74) is 0.657. The standard InChI is InChI=1S/C21H22ClFN4O3.ClH/c1-29-19-8-13-16(11-20(19)30-7-6-27-4-2-3-5-27)24-12-25-21(13)26-17-10-18(28)14(22)9-15(17)23;/h8-12,28H,2-7H2,1H3,(H,24,25,26);1H. The van der Waals surface area contributed by atoms with E-state index in [2.05, 4.69) is 20.2 Å². The molecule has 166 valence electrons. The van der Waals surface area contributed by atoms with Gasteiger partial charge in [0, 0.05) is 24.1 Å². The molecule has 1 saturated heterocycles. The molecule has 2 N–H and O–H groups in total. The van der Waals surface area contributed by atoms with E-state index in [4.69, 9.17) is 21.1 Å². The Bertz CT molecular complexity index is 1060. The number of phenolic OH excluding ortho intramolecular Hbond substituents is 1. The van der Waals surface area contributed by atoms with Crippen LogP contribution in [0, 0.1) is 5.82 Å². The van der Waals surface area contributed by atoms with E-state index in [1.807, 2.05) is 0 Å². The van der Waals surface area contributed by atoms with Gasteiger partial charge in [0.05, 0.1) is 23.3 Å². The summed E-state index contributed by atoms with van der Waals surface area (Å²) in [5, 5.41) is 13.2. The molecule has 0 aliphatic carbocycles. The number of rotatable bonds is 7. The molecule has 1 aliphatic rings. The number of nitrogens with one attached hydrogen (secondary N) is 1. The van der Waals surface area contributed by atoms with Gasteiger partial charge >= 0.3 is 0 Å². The smallest absolute Gasteiger partial charge is 0.163 e. The maximum Gasteiger partial charge on any atom is 0.163 e. The number of likely N-dealkylation sites (tertiary alicyclic amines) is 1. The number of anilines is 2. The zero-order valence-corrected chi connectivity index (χ0v) is 18.5. The van der Waals surface area contributed by atoms with Crippen molar-refractivity contribution in [3.8, 4) is 17.2 Å². The molecule has 2 heterocycles. The summed E-state index contributed by atoms with van der Waals surface area (Å²) >= 11 is 5.75. The topological polar surface area (TPSA) is 79.7 Å². The lowest BCUT2D eigenvalue weighted by Gasteiger charge is -2.17. The van der Waals surface area contributed by atoms with Crippen molar-refractivity contribution in [3.63, 3.8) is 0 Å². The lowest BCUT2D eigenvalue weighted by atomic mass is 10.2. The molecule has 1 fully saturated rings. The second-order valence-electron chi connectivity index (χ2n) is 7.05. The molecule has 0 spiro atoms. The van der Waals surface area contributed by atoms with Crippen LogP contribution in [0.1, 0.15) is 12.8 Å². The fourth-order valence-electron chi connectivity index (χ4n) is 3.49. The first-order valence-electron chi connectivity index (χ1n) is 9.68. The molecule has 4 rings (SSSR count). The van der Waals surface area contributed by atoms with Crippen molar-refractivity contribution in [2.24, 2.45) is 0 Å². The third-order valence-electron chi connectivity index (χ3n) is 5.07. The first kappa shape index (κ1) is 23.1. The molecule has 2 aromatic carbocycles. The van der Waals surface area contributed by atoms with E-state index in [0.717, 1.165) is 25.7 Å². The fraction of sp³-hybridized carbons (Fsp3) is 0.333. The zero-order chi connectivity index (χ0) is 21.1. The second-order valence-corrected chi connectivity index (χ2v) is 7.46. The zero-order valence-electron chi connectivity index (χ0n) is 16.9. The molecule has 3 aromatic rings. The number of nitrogens with zero attached hydrogens (tertiary/aromatic N) is 3. The van der Waals surface area contributed by atoms with E-state index >= 15 is 0 Å². The average Bonchev–Trinajstić information content (AvgIpc) is 3.25. The molecule has 10 heteroatoms. The van der Waals surface area contributed by atoms with Gasteiger partial charge in [-0.25, -0.2) is 14.4 Å². The second kappa shape index (κ2) is 10.2. The Morgan fingerprint density at radius 1 is 1.16 bits per heavy atom. The minimum Gasteiger partial charge on any atom is -0.506 e. The van der Waals surface area contributed by atoms with Crippen molar-refractivity contribution >= 4 is 46.4 Å². The maximum atomic E-state index is 14.2. The Kier molecular flexibility index (Phi) is 7.59. The normalized spacial score (nSPS) is 13.8. The molecule has 0 atom stereocenters. The van der Waals surface area contributed by atoms with Crippen LogP contribution in [0.4, 0.5) is 15.9 Å². The highest BCUT2D eigenvalue weighted by Gasteiger charge is 2.15. The Morgan fingerprint density at radius 2 is 1.94 bits per heavy atom. The van der Waals surface area contributed by atoms with Crippen LogP contribution in [-0.2, 0) is 0 Å². The molecule has 7 nitrogen and oxygen atoms in total. The molecule has 1 aromatic heterocycles. The quantitative estimate of drug-likeness (QED) is 0.516. The molecule has 31 heavy (non-hydrogen) atoms. The van der Waals surface area contributed by atoms with E-state index in [-0.39, 0.29) is 28.9 Å². The first-order chi connectivity index (χ1) is 14.5. The number of fused-ring (bicyclic) bond motifs is 1. The van der Waals surface area contributed by atoms with Crippen LogP contribution in [0.15, 0.2) is 30.6 Å². The Hall–Kier alpha value is -2.55. The summed E-state index contributed by atoms with van der Waals surface area (Å²) in [6, 6.07) is 5.77. The number of hydrogen-bond acceptors (Lipinski definition) is 7. The lowest BCUT2D eigenvalue weighted by Crippen LogP contribution is -2.25. The van der Waals surface area contributed by atoms with Crippen LogP contribution in [0.25, 0.3) is 10.9 Å². The molecule has 0 bridgehead atoms. The van der Waals surface area contributed by atoms with Crippen LogP contribution < -0.4 is 14.8 Å². The molecule has 0 saturated carbocycles. The van der Waals surface area contributed by atoms with Gasteiger partial charge in [0.15, 0.2) is 11.5 Å². The highest BCUT2D eigenvalue weighted by molar-refractivity contribution is 6.32. The number of benzene rings is 2. The molecule has 1 aliphatic heterocycles.